The van der Waals surface area contributed by atoms with Crippen molar-refractivity contribution in [2.45, 2.75) is 50.6 Å². The summed E-state index contributed by atoms with van der Waals surface area (Å²) in [7, 11) is 0. The van der Waals surface area contributed by atoms with Gasteiger partial charge in [-0.15, -0.1) is 0 Å². The maximum atomic E-state index is 6.01. The Morgan fingerprint density at radius 2 is 1.69 bits per heavy atom. The predicted octanol–water partition coefficient (Wildman–Crippen LogP) is 6.49. The molecule has 0 atom stereocenters. The van der Waals surface area contributed by atoms with Gasteiger partial charge in [-0.05, 0) is 0 Å². The van der Waals surface area contributed by atoms with Crippen molar-refractivity contribution >= 4 is 57.7 Å². The van der Waals surface area contributed by atoms with Crippen molar-refractivity contribution in [1.82, 2.24) is 0 Å². The molecule has 0 amide bonds. The standard InChI is InChI=1S/C22H27ClSSe2/c1-3-4-5-9-12-21(26-20-10-7-6-8-11-20)22(25-2)24-17-18-13-15-19(23)16-14-18/h6-8,10-11,13-16H,3-5,9,12,17H2,1-2H3/b22-21-. The van der Waals surface area contributed by atoms with E-state index in [1.807, 2.05) is 12.1 Å². The molecule has 2 rings (SSSR count). The van der Waals surface area contributed by atoms with Crippen LogP contribution in [0, 0.1) is 0 Å². The van der Waals surface area contributed by atoms with Crippen molar-refractivity contribution in [2.75, 3.05) is 0 Å². The molecule has 26 heavy (non-hydrogen) atoms. The van der Waals surface area contributed by atoms with Crippen molar-refractivity contribution in [3.63, 3.8) is 0 Å². The summed E-state index contributed by atoms with van der Waals surface area (Å²) < 4.78 is 4.88. The normalized spacial score (nSPS) is 12.1. The molecule has 0 saturated heterocycles. The Morgan fingerprint density at radius 3 is 2.35 bits per heavy atom. The summed E-state index contributed by atoms with van der Waals surface area (Å²) in [6.45, 7) is 2.28. The zero-order chi connectivity index (χ0) is 18.6. The number of hydrogen-bond acceptors (Lipinski definition) is 1. The van der Waals surface area contributed by atoms with Gasteiger partial charge in [-0.3, -0.25) is 0 Å². The molecule has 0 radical (unpaired) electrons. The van der Waals surface area contributed by atoms with Crippen LogP contribution in [-0.4, -0.2) is 29.9 Å². The molecular formula is C22H27ClSSe2. The quantitative estimate of drug-likeness (QED) is 0.243. The van der Waals surface area contributed by atoms with Crippen LogP contribution in [-0.2, 0) is 5.75 Å². The van der Waals surface area contributed by atoms with Gasteiger partial charge in [-0.25, -0.2) is 0 Å². The van der Waals surface area contributed by atoms with Gasteiger partial charge in [-0.2, -0.15) is 0 Å². The van der Waals surface area contributed by atoms with Crippen LogP contribution >= 0.6 is 23.4 Å². The molecule has 0 saturated carbocycles. The van der Waals surface area contributed by atoms with Crippen LogP contribution in [0.1, 0.15) is 44.6 Å². The molecule has 0 N–H and O–H groups in total. The third-order valence-corrected chi connectivity index (χ3v) is 11.5. The summed E-state index contributed by atoms with van der Waals surface area (Å²) in [6, 6.07) is 19.3. The van der Waals surface area contributed by atoms with Gasteiger partial charge < -0.3 is 0 Å². The Kier molecular flexibility index (Phi) is 11.2. The summed E-state index contributed by atoms with van der Waals surface area (Å²) in [6.07, 6.45) is 6.62. The molecule has 2 aromatic rings. The Hall–Kier alpha value is -0.141. The van der Waals surface area contributed by atoms with Gasteiger partial charge in [0.1, 0.15) is 0 Å². The first-order chi connectivity index (χ1) is 12.7. The minimum absolute atomic E-state index is 0.452. The summed E-state index contributed by atoms with van der Waals surface area (Å²) in [5, 5.41) is 0.818. The number of halogens is 1. The van der Waals surface area contributed by atoms with Gasteiger partial charge in [0.15, 0.2) is 0 Å². The molecule has 0 heterocycles. The van der Waals surface area contributed by atoms with Crippen molar-refractivity contribution in [3.8, 4) is 0 Å². The molecule has 4 heteroatoms. The van der Waals surface area contributed by atoms with Crippen LogP contribution in [0.3, 0.4) is 0 Å². The molecule has 140 valence electrons. The second-order valence-electron chi connectivity index (χ2n) is 6.06. The molecule has 0 fully saturated rings. The third-order valence-electron chi connectivity index (χ3n) is 3.94. The molecule has 0 aliphatic heterocycles. The molecule has 0 aliphatic carbocycles. The van der Waals surface area contributed by atoms with Gasteiger partial charge in [0.05, 0.1) is 0 Å². The zero-order valence-corrected chi connectivity index (χ0v) is 20.5. The molecule has 0 aromatic heterocycles. The predicted molar refractivity (Wildman–Crippen MR) is 122 cm³/mol. The summed E-state index contributed by atoms with van der Waals surface area (Å²) in [4.78, 5) is 0. The molecule has 0 spiro atoms. The van der Waals surface area contributed by atoms with Crippen LogP contribution in [0.25, 0.3) is 0 Å². The van der Waals surface area contributed by atoms with E-state index in [9.17, 15) is 0 Å². The molecule has 0 aliphatic rings. The van der Waals surface area contributed by atoms with Gasteiger partial charge in [0, 0.05) is 0 Å². The number of benzene rings is 2. The molecule has 0 unspecified atom stereocenters. The van der Waals surface area contributed by atoms with E-state index >= 15 is 0 Å². The second kappa shape index (κ2) is 13.1. The van der Waals surface area contributed by atoms with E-state index in [0.29, 0.717) is 29.9 Å². The summed E-state index contributed by atoms with van der Waals surface area (Å²) in [5.74, 6) is 3.41. The molecule has 0 bridgehead atoms. The monoisotopic (exact) mass is 518 g/mol. The molecule has 0 nitrogen and oxygen atoms in total. The van der Waals surface area contributed by atoms with Crippen molar-refractivity contribution in [2.24, 2.45) is 0 Å². The second-order valence-corrected chi connectivity index (χ2v) is 12.2. The maximum absolute atomic E-state index is 6.01. The number of thioether (sulfide) groups is 1. The number of rotatable bonds is 11. The van der Waals surface area contributed by atoms with Crippen molar-refractivity contribution in [3.05, 3.63) is 73.5 Å². The first kappa shape index (κ1) is 22.2. The summed E-state index contributed by atoms with van der Waals surface area (Å²) in [5.41, 5.74) is 1.36. The Balaban J connectivity index is 2.09. The average molecular weight is 517 g/mol. The van der Waals surface area contributed by atoms with E-state index in [2.05, 4.69) is 67.0 Å². The zero-order valence-electron chi connectivity index (χ0n) is 15.5. The third kappa shape index (κ3) is 8.26. The van der Waals surface area contributed by atoms with E-state index in [1.54, 1.807) is 8.28 Å². The first-order valence-electron chi connectivity index (χ1n) is 9.10. The Morgan fingerprint density at radius 1 is 0.962 bits per heavy atom. The van der Waals surface area contributed by atoms with Gasteiger partial charge in [-0.1, -0.05) is 0 Å². The average Bonchev–Trinajstić information content (AvgIpc) is 2.67. The molecular weight excluding hydrogens is 490 g/mol. The van der Waals surface area contributed by atoms with Crippen molar-refractivity contribution in [1.29, 1.82) is 0 Å². The SMILES string of the molecule is CCCCCC/C([Se]c1ccccc1)=C(\SCc1ccc(Cl)cc1)[Se]C. The van der Waals surface area contributed by atoms with E-state index < -0.39 is 0 Å². The topological polar surface area (TPSA) is 0 Å². The minimum atomic E-state index is 0.452. The van der Waals surface area contributed by atoms with Crippen LogP contribution in [0.5, 0.6) is 0 Å². The van der Waals surface area contributed by atoms with E-state index in [-0.39, 0.29) is 0 Å². The van der Waals surface area contributed by atoms with Crippen LogP contribution in [0.2, 0.25) is 10.8 Å². The van der Waals surface area contributed by atoms with Gasteiger partial charge in [0.25, 0.3) is 0 Å². The Labute approximate surface area is 180 Å². The van der Waals surface area contributed by atoms with E-state index in [1.165, 1.54) is 42.1 Å². The van der Waals surface area contributed by atoms with Gasteiger partial charge >= 0.3 is 182 Å². The molecule has 2 aromatic carbocycles. The van der Waals surface area contributed by atoms with Gasteiger partial charge in [0.2, 0.25) is 0 Å². The van der Waals surface area contributed by atoms with Crippen LogP contribution in [0.4, 0.5) is 0 Å². The van der Waals surface area contributed by atoms with Crippen LogP contribution < -0.4 is 4.46 Å². The van der Waals surface area contributed by atoms with E-state index in [0.717, 1.165) is 10.8 Å². The summed E-state index contributed by atoms with van der Waals surface area (Å²) >= 11 is 9.07. The number of hydrogen-bond donors (Lipinski definition) is 0. The number of allylic oxidation sites excluding steroid dienone is 1. The van der Waals surface area contributed by atoms with Crippen LogP contribution in [0.15, 0.2) is 62.9 Å². The fraction of sp³-hybridized carbons (Fsp3) is 0.364. The van der Waals surface area contributed by atoms with Crippen molar-refractivity contribution < 1.29 is 0 Å². The number of unbranched alkanes of at least 4 members (excludes halogenated alkanes) is 3. The fourth-order valence-corrected chi connectivity index (χ4v) is 9.18. The fourth-order valence-electron chi connectivity index (χ4n) is 2.52. The first-order valence-corrected chi connectivity index (χ1v) is 14.7. The van der Waals surface area contributed by atoms with E-state index in [4.69, 9.17) is 11.6 Å². The Bertz CT molecular complexity index is 668.